The highest BCUT2D eigenvalue weighted by Crippen LogP contribution is 2.36. The van der Waals surface area contributed by atoms with E-state index in [4.69, 9.17) is 0 Å². The van der Waals surface area contributed by atoms with Crippen LogP contribution < -0.4 is 5.32 Å². The number of hydrogen-bond acceptors (Lipinski definition) is 1. The predicted octanol–water partition coefficient (Wildman–Crippen LogP) is 9.70. The fourth-order valence-corrected chi connectivity index (χ4v) is 4.07. The van der Waals surface area contributed by atoms with Crippen LogP contribution in [0.2, 0.25) is 0 Å². The quantitative estimate of drug-likeness (QED) is 0.175. The molecule has 0 unspecified atom stereocenters. The molecule has 1 rings (SSSR count). The number of unbranched alkanes of at least 4 members (excludes halogenated alkanes) is 6. The van der Waals surface area contributed by atoms with E-state index in [0.717, 1.165) is 19.4 Å². The zero-order chi connectivity index (χ0) is 23.7. The van der Waals surface area contributed by atoms with Crippen LogP contribution in [0.4, 0.5) is 0 Å². The molecule has 0 radical (unpaired) electrons. The summed E-state index contributed by atoms with van der Waals surface area (Å²) in [6.07, 6.45) is 22.3. The molecule has 1 N–H and O–H groups in total. The van der Waals surface area contributed by atoms with Crippen molar-refractivity contribution in [3.8, 4) is 0 Å². The number of allylic oxidation sites excluding steroid dienone is 7. The van der Waals surface area contributed by atoms with Crippen molar-refractivity contribution in [3.05, 3.63) is 59.9 Å². The summed E-state index contributed by atoms with van der Waals surface area (Å²) >= 11 is 0. The third-order valence-corrected chi connectivity index (χ3v) is 5.37. The Kier molecular flexibility index (Phi) is 16.3. The molecular formula is C30H53N. The second-order valence-corrected chi connectivity index (χ2v) is 10.5. The van der Waals surface area contributed by atoms with Crippen LogP contribution in [0.25, 0.3) is 0 Å². The standard InChI is InChI=1S/C17H32.C13H21N/c1-5-7-8-9-10-11-12-14-17(13-6-2)15-16(3)4;1-10(2)9-14-12-6-11(3)7-13(4,5)8-12/h6,13,15-16H,5,7-12,14H2,1-4H3;6,14H,1,3,7-9H2,2,4-5H3/b13-6-,17-15+;. The van der Waals surface area contributed by atoms with Crippen LogP contribution in [-0.2, 0) is 0 Å². The van der Waals surface area contributed by atoms with Gasteiger partial charge in [-0.15, -0.1) is 0 Å². The van der Waals surface area contributed by atoms with Crippen molar-refractivity contribution in [1.82, 2.24) is 5.32 Å². The molecule has 1 heteroatoms. The van der Waals surface area contributed by atoms with Crippen molar-refractivity contribution in [3.63, 3.8) is 0 Å². The average Bonchev–Trinajstić information content (AvgIpc) is 2.64. The first-order chi connectivity index (χ1) is 14.6. The summed E-state index contributed by atoms with van der Waals surface area (Å²) in [5, 5.41) is 3.41. The lowest BCUT2D eigenvalue weighted by Crippen LogP contribution is -2.25. The Balaban J connectivity index is 0.000000590. The summed E-state index contributed by atoms with van der Waals surface area (Å²) in [4.78, 5) is 0. The minimum atomic E-state index is 0.350. The third-order valence-electron chi connectivity index (χ3n) is 5.37. The number of hydrogen-bond donors (Lipinski definition) is 1. The zero-order valence-electron chi connectivity index (χ0n) is 22.1. The van der Waals surface area contributed by atoms with Gasteiger partial charge in [-0.1, -0.05) is 121 Å². The number of nitrogens with one attached hydrogen (secondary N) is 1. The maximum Gasteiger partial charge on any atom is 0.0351 e. The van der Waals surface area contributed by atoms with Crippen LogP contribution in [0.5, 0.6) is 0 Å². The fraction of sp³-hybridized carbons (Fsp3) is 0.667. The molecule has 0 saturated heterocycles. The second kappa shape index (κ2) is 17.1. The Morgan fingerprint density at radius 1 is 1.10 bits per heavy atom. The molecule has 0 aliphatic heterocycles. The lowest BCUT2D eigenvalue weighted by molar-refractivity contribution is 0.343. The van der Waals surface area contributed by atoms with E-state index in [0.29, 0.717) is 11.3 Å². The fourth-order valence-electron chi connectivity index (χ4n) is 4.07. The molecule has 0 aromatic heterocycles. The van der Waals surface area contributed by atoms with Gasteiger partial charge in [0.15, 0.2) is 0 Å². The largest absolute Gasteiger partial charge is 0.385 e. The molecule has 1 aliphatic carbocycles. The normalized spacial score (nSPS) is 16.2. The SMILES string of the molecule is C/C=C\C(=C/C(C)C)CCCCCCCCC.C=C(C)CNC1=CC(=C)CC(C)(C)C1. The molecule has 1 aliphatic rings. The Morgan fingerprint density at radius 3 is 2.23 bits per heavy atom. The molecule has 0 aromatic rings. The minimum Gasteiger partial charge on any atom is -0.385 e. The summed E-state index contributed by atoms with van der Waals surface area (Å²) < 4.78 is 0. The average molecular weight is 428 g/mol. The van der Waals surface area contributed by atoms with Crippen molar-refractivity contribution in [2.75, 3.05) is 6.54 Å². The van der Waals surface area contributed by atoms with Crippen molar-refractivity contribution < 1.29 is 0 Å². The van der Waals surface area contributed by atoms with Gasteiger partial charge in [0.25, 0.3) is 0 Å². The first-order valence-corrected chi connectivity index (χ1v) is 12.7. The van der Waals surface area contributed by atoms with Crippen molar-refractivity contribution in [2.45, 2.75) is 113 Å². The van der Waals surface area contributed by atoms with Gasteiger partial charge in [-0.25, -0.2) is 0 Å². The number of rotatable bonds is 13. The van der Waals surface area contributed by atoms with Crippen LogP contribution >= 0.6 is 0 Å². The maximum atomic E-state index is 4.05. The van der Waals surface area contributed by atoms with Crippen molar-refractivity contribution in [2.24, 2.45) is 11.3 Å². The van der Waals surface area contributed by atoms with Crippen LogP contribution in [0.1, 0.15) is 113 Å². The van der Waals surface area contributed by atoms with E-state index in [1.165, 1.54) is 73.8 Å². The molecule has 0 fully saturated rings. The molecule has 0 bridgehead atoms. The van der Waals surface area contributed by atoms with Gasteiger partial charge in [0.1, 0.15) is 0 Å². The lowest BCUT2D eigenvalue weighted by atomic mass is 9.77. The van der Waals surface area contributed by atoms with E-state index >= 15 is 0 Å². The van der Waals surface area contributed by atoms with E-state index in [1.54, 1.807) is 0 Å². The minimum absolute atomic E-state index is 0.350. The second-order valence-electron chi connectivity index (χ2n) is 10.5. The van der Waals surface area contributed by atoms with Gasteiger partial charge in [-0.3, -0.25) is 0 Å². The topological polar surface area (TPSA) is 12.0 Å². The van der Waals surface area contributed by atoms with Crippen molar-refractivity contribution >= 4 is 0 Å². The summed E-state index contributed by atoms with van der Waals surface area (Å²) in [6.45, 7) is 24.3. The summed E-state index contributed by atoms with van der Waals surface area (Å²) in [5.74, 6) is 0.672. The highest BCUT2D eigenvalue weighted by atomic mass is 14.9. The van der Waals surface area contributed by atoms with E-state index in [2.05, 4.69) is 84.3 Å². The summed E-state index contributed by atoms with van der Waals surface area (Å²) in [5.41, 5.74) is 5.57. The highest BCUT2D eigenvalue weighted by molar-refractivity contribution is 5.26. The third kappa shape index (κ3) is 17.8. The van der Waals surface area contributed by atoms with Gasteiger partial charge >= 0.3 is 0 Å². The Bertz CT molecular complexity index is 598. The van der Waals surface area contributed by atoms with Gasteiger partial charge in [0, 0.05) is 12.2 Å². The Labute approximate surface area is 195 Å². The summed E-state index contributed by atoms with van der Waals surface area (Å²) in [7, 11) is 0. The molecule has 31 heavy (non-hydrogen) atoms. The van der Waals surface area contributed by atoms with Gasteiger partial charge < -0.3 is 5.32 Å². The predicted molar refractivity (Wildman–Crippen MR) is 143 cm³/mol. The van der Waals surface area contributed by atoms with E-state index in [-0.39, 0.29) is 0 Å². The van der Waals surface area contributed by atoms with Crippen LogP contribution in [-0.4, -0.2) is 6.54 Å². The molecule has 0 spiro atoms. The first kappa shape index (κ1) is 29.5. The van der Waals surface area contributed by atoms with Gasteiger partial charge in [0.2, 0.25) is 0 Å². The van der Waals surface area contributed by atoms with Gasteiger partial charge in [0.05, 0.1) is 0 Å². The molecule has 178 valence electrons. The lowest BCUT2D eigenvalue weighted by Gasteiger charge is -2.31. The Hall–Kier alpha value is -1.50. The molecule has 0 atom stereocenters. The van der Waals surface area contributed by atoms with Crippen LogP contribution in [0.3, 0.4) is 0 Å². The van der Waals surface area contributed by atoms with Crippen molar-refractivity contribution in [1.29, 1.82) is 0 Å². The highest BCUT2D eigenvalue weighted by Gasteiger charge is 2.24. The monoisotopic (exact) mass is 427 g/mol. The van der Waals surface area contributed by atoms with Gasteiger partial charge in [-0.2, -0.15) is 0 Å². The summed E-state index contributed by atoms with van der Waals surface area (Å²) in [6, 6.07) is 0. The first-order valence-electron chi connectivity index (χ1n) is 12.7. The maximum absolute atomic E-state index is 4.05. The molecule has 0 amide bonds. The van der Waals surface area contributed by atoms with Crippen LogP contribution in [0.15, 0.2) is 59.9 Å². The zero-order valence-corrected chi connectivity index (χ0v) is 22.1. The smallest absolute Gasteiger partial charge is 0.0351 e. The van der Waals surface area contributed by atoms with E-state index in [9.17, 15) is 0 Å². The van der Waals surface area contributed by atoms with Crippen LogP contribution in [0, 0.1) is 11.3 Å². The van der Waals surface area contributed by atoms with E-state index < -0.39 is 0 Å². The van der Waals surface area contributed by atoms with Gasteiger partial charge in [-0.05, 0) is 56.9 Å². The van der Waals surface area contributed by atoms with E-state index in [1.807, 2.05) is 6.92 Å². The molecular weight excluding hydrogens is 374 g/mol. The molecule has 0 heterocycles. The molecule has 1 nitrogen and oxygen atoms in total. The molecule has 0 saturated carbocycles. The molecule has 0 aromatic carbocycles. The Morgan fingerprint density at radius 2 is 1.71 bits per heavy atom.